The van der Waals surface area contributed by atoms with Crippen molar-refractivity contribution in [1.29, 1.82) is 0 Å². The van der Waals surface area contributed by atoms with E-state index in [1.165, 1.54) is 33.8 Å². The SMILES string of the molecule is CCCCN1C(=S)NC(c2ccccn2)C1c1cc(C)n(-c2c(C)cccc2C)c1C. The minimum Gasteiger partial charge on any atom is -0.352 e. The van der Waals surface area contributed by atoms with Crippen LogP contribution >= 0.6 is 12.2 Å². The molecule has 0 bridgehead atoms. The van der Waals surface area contributed by atoms with E-state index in [1.807, 2.05) is 12.3 Å². The van der Waals surface area contributed by atoms with Gasteiger partial charge in [0.2, 0.25) is 0 Å². The largest absolute Gasteiger partial charge is 0.352 e. The van der Waals surface area contributed by atoms with Crippen molar-refractivity contribution in [3.8, 4) is 5.69 Å². The lowest BCUT2D eigenvalue weighted by atomic mass is 9.96. The Bertz CT molecular complexity index is 1070. The average Bonchev–Trinajstić information content (AvgIpc) is 3.23. The van der Waals surface area contributed by atoms with Gasteiger partial charge in [-0.2, -0.15) is 0 Å². The van der Waals surface area contributed by atoms with Gasteiger partial charge in [-0.15, -0.1) is 0 Å². The molecule has 31 heavy (non-hydrogen) atoms. The smallest absolute Gasteiger partial charge is 0.170 e. The normalized spacial score (nSPS) is 18.5. The maximum absolute atomic E-state index is 5.81. The van der Waals surface area contributed by atoms with Crippen LogP contribution in [0.15, 0.2) is 48.7 Å². The van der Waals surface area contributed by atoms with Crippen molar-refractivity contribution in [3.05, 3.63) is 82.4 Å². The first kappa shape index (κ1) is 21.6. The van der Waals surface area contributed by atoms with Gasteiger partial charge in [-0.1, -0.05) is 37.6 Å². The number of aryl methyl sites for hydroxylation is 3. The van der Waals surface area contributed by atoms with Crippen molar-refractivity contribution < 1.29 is 0 Å². The quantitative estimate of drug-likeness (QED) is 0.493. The molecule has 0 saturated carbocycles. The standard InChI is InChI=1S/C26H32N4S/c1-6-7-15-29-25(23(28-26(29)31)22-13-8-9-14-27-22)21-16-19(4)30(20(21)5)24-17(2)11-10-12-18(24)3/h8-14,16,23,25H,6-7,15H2,1-5H3,(H,28,31). The summed E-state index contributed by atoms with van der Waals surface area (Å²) in [4.78, 5) is 7.05. The van der Waals surface area contributed by atoms with E-state index in [0.29, 0.717) is 0 Å². The molecule has 2 unspecified atom stereocenters. The number of pyridine rings is 1. The Morgan fingerprint density at radius 2 is 1.77 bits per heavy atom. The van der Waals surface area contributed by atoms with Gasteiger partial charge in [-0.05, 0) is 81.2 Å². The van der Waals surface area contributed by atoms with Crippen molar-refractivity contribution in [2.45, 2.75) is 59.5 Å². The van der Waals surface area contributed by atoms with Gasteiger partial charge in [0, 0.05) is 24.1 Å². The molecule has 3 heterocycles. The fraction of sp³-hybridized carbons (Fsp3) is 0.385. The first-order valence-electron chi connectivity index (χ1n) is 11.2. The summed E-state index contributed by atoms with van der Waals surface area (Å²) in [5.41, 5.74) is 8.73. The van der Waals surface area contributed by atoms with Crippen molar-refractivity contribution in [1.82, 2.24) is 19.8 Å². The third-order valence-corrected chi connectivity index (χ3v) is 6.75. The first-order chi connectivity index (χ1) is 14.9. The number of hydrogen-bond acceptors (Lipinski definition) is 2. The molecule has 4 rings (SSSR count). The van der Waals surface area contributed by atoms with E-state index < -0.39 is 0 Å². The molecule has 4 nitrogen and oxygen atoms in total. The van der Waals surface area contributed by atoms with E-state index in [0.717, 1.165) is 30.2 Å². The Morgan fingerprint density at radius 1 is 1.03 bits per heavy atom. The van der Waals surface area contributed by atoms with Gasteiger partial charge in [0.15, 0.2) is 5.11 Å². The Morgan fingerprint density at radius 3 is 2.42 bits per heavy atom. The lowest BCUT2D eigenvalue weighted by molar-refractivity contribution is 0.312. The topological polar surface area (TPSA) is 33.1 Å². The Labute approximate surface area is 191 Å². The number of aromatic nitrogens is 2. The van der Waals surface area contributed by atoms with E-state index in [4.69, 9.17) is 12.2 Å². The van der Waals surface area contributed by atoms with Gasteiger partial charge in [0.1, 0.15) is 0 Å². The molecule has 3 aromatic rings. The van der Waals surface area contributed by atoms with Crippen molar-refractivity contribution in [2.24, 2.45) is 0 Å². The minimum atomic E-state index is 0.0393. The van der Waals surface area contributed by atoms with Crippen LogP contribution in [0.5, 0.6) is 0 Å². The van der Waals surface area contributed by atoms with Gasteiger partial charge < -0.3 is 14.8 Å². The fourth-order valence-corrected chi connectivity index (χ4v) is 5.23. The number of nitrogens with one attached hydrogen (secondary N) is 1. The van der Waals surface area contributed by atoms with E-state index >= 15 is 0 Å². The van der Waals surface area contributed by atoms with Crippen LogP contribution in [-0.2, 0) is 0 Å². The van der Waals surface area contributed by atoms with Crippen LogP contribution in [0, 0.1) is 27.7 Å². The third-order valence-electron chi connectivity index (χ3n) is 6.40. The van der Waals surface area contributed by atoms with Crippen LogP contribution in [0.3, 0.4) is 0 Å². The van der Waals surface area contributed by atoms with Crippen LogP contribution in [0.25, 0.3) is 5.69 Å². The maximum Gasteiger partial charge on any atom is 0.170 e. The number of para-hydroxylation sites is 1. The van der Waals surface area contributed by atoms with Crippen LogP contribution in [0.1, 0.15) is 65.6 Å². The molecule has 0 radical (unpaired) electrons. The van der Waals surface area contributed by atoms with Gasteiger partial charge in [-0.3, -0.25) is 4.98 Å². The zero-order valence-electron chi connectivity index (χ0n) is 19.1. The fourth-order valence-electron chi connectivity index (χ4n) is 4.90. The van der Waals surface area contributed by atoms with Gasteiger partial charge in [0.25, 0.3) is 0 Å². The summed E-state index contributed by atoms with van der Waals surface area (Å²) < 4.78 is 2.41. The lowest BCUT2D eigenvalue weighted by Crippen LogP contribution is -2.30. The molecule has 0 aliphatic carbocycles. The summed E-state index contributed by atoms with van der Waals surface area (Å²) in [7, 11) is 0. The number of hydrogen-bond donors (Lipinski definition) is 1. The zero-order valence-corrected chi connectivity index (χ0v) is 20.0. The molecule has 0 spiro atoms. The van der Waals surface area contributed by atoms with Gasteiger partial charge >= 0.3 is 0 Å². The molecule has 1 N–H and O–H groups in total. The second-order valence-corrected chi connectivity index (χ2v) is 8.96. The van der Waals surface area contributed by atoms with Crippen molar-refractivity contribution >= 4 is 17.3 Å². The molecule has 1 aromatic carbocycles. The molecule has 1 saturated heterocycles. The molecule has 1 aliphatic rings. The molecule has 2 aromatic heterocycles. The van der Waals surface area contributed by atoms with E-state index in [1.54, 1.807) is 0 Å². The Balaban J connectivity index is 1.86. The first-order valence-corrected chi connectivity index (χ1v) is 11.6. The number of unbranched alkanes of at least 4 members (excludes halogenated alkanes) is 1. The second-order valence-electron chi connectivity index (χ2n) is 8.58. The molecule has 1 fully saturated rings. The van der Waals surface area contributed by atoms with E-state index in [2.05, 4.69) is 90.8 Å². The molecule has 2 atom stereocenters. The Hall–Kier alpha value is -2.66. The summed E-state index contributed by atoms with van der Waals surface area (Å²) in [6.45, 7) is 12.0. The Kier molecular flexibility index (Phi) is 6.15. The predicted octanol–water partition coefficient (Wildman–Crippen LogP) is 5.88. The third kappa shape index (κ3) is 3.87. The summed E-state index contributed by atoms with van der Waals surface area (Å²) in [6.07, 6.45) is 4.12. The monoisotopic (exact) mass is 432 g/mol. The molecule has 1 aliphatic heterocycles. The van der Waals surface area contributed by atoms with E-state index in [9.17, 15) is 0 Å². The summed E-state index contributed by atoms with van der Waals surface area (Å²) in [5, 5.41) is 4.41. The predicted molar refractivity (Wildman–Crippen MR) is 132 cm³/mol. The highest BCUT2D eigenvalue weighted by Gasteiger charge is 2.41. The van der Waals surface area contributed by atoms with Crippen LogP contribution in [0.2, 0.25) is 0 Å². The minimum absolute atomic E-state index is 0.0393. The highest BCUT2D eigenvalue weighted by molar-refractivity contribution is 7.80. The van der Waals surface area contributed by atoms with E-state index in [-0.39, 0.29) is 12.1 Å². The molecular formula is C26H32N4S. The number of benzene rings is 1. The maximum atomic E-state index is 5.81. The van der Waals surface area contributed by atoms with Crippen molar-refractivity contribution in [3.63, 3.8) is 0 Å². The van der Waals surface area contributed by atoms with Gasteiger partial charge in [-0.25, -0.2) is 0 Å². The molecule has 0 amide bonds. The molecular weight excluding hydrogens is 400 g/mol. The molecule has 162 valence electrons. The van der Waals surface area contributed by atoms with Crippen LogP contribution < -0.4 is 5.32 Å². The molecule has 5 heteroatoms. The summed E-state index contributed by atoms with van der Waals surface area (Å²) in [6, 6.07) is 15.1. The van der Waals surface area contributed by atoms with Crippen molar-refractivity contribution in [2.75, 3.05) is 6.54 Å². The zero-order chi connectivity index (χ0) is 22.1. The second kappa shape index (κ2) is 8.83. The lowest BCUT2D eigenvalue weighted by Gasteiger charge is -2.28. The van der Waals surface area contributed by atoms with Gasteiger partial charge in [0.05, 0.1) is 23.5 Å². The van der Waals surface area contributed by atoms with Crippen LogP contribution in [0.4, 0.5) is 0 Å². The highest BCUT2D eigenvalue weighted by atomic mass is 32.1. The number of thiocarbonyl (C=S) groups is 1. The number of rotatable bonds is 6. The number of nitrogens with zero attached hydrogens (tertiary/aromatic N) is 3. The average molecular weight is 433 g/mol. The highest BCUT2D eigenvalue weighted by Crippen LogP contribution is 2.41. The summed E-state index contributed by atoms with van der Waals surface area (Å²) >= 11 is 5.81. The summed E-state index contributed by atoms with van der Waals surface area (Å²) in [5.74, 6) is 0. The van der Waals surface area contributed by atoms with Crippen LogP contribution in [-0.4, -0.2) is 26.1 Å².